The van der Waals surface area contributed by atoms with E-state index in [1.807, 2.05) is 4.57 Å². The van der Waals surface area contributed by atoms with E-state index >= 15 is 0 Å². The molecule has 2 aromatic carbocycles. The summed E-state index contributed by atoms with van der Waals surface area (Å²) in [4.78, 5) is 79.5. The molecule has 0 spiro atoms. The molecule has 4 N–H and O–H groups in total. The Labute approximate surface area is 328 Å². The normalized spacial score (nSPS) is 16.3. The molecule has 0 bridgehead atoms. The standard InChI is InChI=1S/C40H43N11O6/c1-4-30-35-29(19-41)45-21-49(35)31-20-44-40(48-36(31)51(30)25-8-5-6-9-25)47-27-14-13-24(18-32(27)57-3)37(54)43-17-16-42-28-11-7-10-26-34(28)39(56)50(38(26)55)23(2)12-15-33(53)46-22-52/h7,10-11,13-14,18,20-23,25,30,42H,4-6,8-9,12,15-17H2,1-3H3,(H,43,54)(H,44,47,48)(H,46,52,53). The van der Waals surface area contributed by atoms with Crippen molar-refractivity contribution in [3.63, 3.8) is 0 Å². The van der Waals surface area contributed by atoms with Gasteiger partial charge in [0.25, 0.3) is 17.7 Å². The molecule has 1 fully saturated rings. The van der Waals surface area contributed by atoms with Gasteiger partial charge in [-0.1, -0.05) is 25.8 Å². The van der Waals surface area contributed by atoms with E-state index in [1.165, 1.54) is 7.11 Å². The molecule has 57 heavy (non-hydrogen) atoms. The van der Waals surface area contributed by atoms with Crippen molar-refractivity contribution in [3.05, 3.63) is 77.0 Å². The number of carbonyl (C=O) groups is 5. The van der Waals surface area contributed by atoms with Gasteiger partial charge in [0.1, 0.15) is 23.8 Å². The van der Waals surface area contributed by atoms with Crippen molar-refractivity contribution in [1.29, 1.82) is 5.26 Å². The third-order valence-electron chi connectivity index (χ3n) is 10.8. The van der Waals surface area contributed by atoms with Crippen LogP contribution in [0.1, 0.15) is 107 Å². The smallest absolute Gasteiger partial charge is 0.263 e. The van der Waals surface area contributed by atoms with E-state index in [9.17, 15) is 29.2 Å². The van der Waals surface area contributed by atoms with Crippen LogP contribution in [-0.2, 0) is 9.59 Å². The summed E-state index contributed by atoms with van der Waals surface area (Å²) in [5, 5.41) is 21.2. The quantitative estimate of drug-likeness (QED) is 0.0751. The number of fused-ring (bicyclic) bond motifs is 4. The van der Waals surface area contributed by atoms with Gasteiger partial charge in [0.15, 0.2) is 11.5 Å². The second-order valence-corrected chi connectivity index (χ2v) is 14.1. The van der Waals surface area contributed by atoms with Gasteiger partial charge < -0.3 is 25.6 Å². The topological polar surface area (TPSA) is 217 Å². The highest BCUT2D eigenvalue weighted by Crippen LogP contribution is 2.44. The molecule has 5 amide bonds. The Morgan fingerprint density at radius 1 is 1.09 bits per heavy atom. The summed E-state index contributed by atoms with van der Waals surface area (Å²) in [7, 11) is 1.51. The lowest BCUT2D eigenvalue weighted by Crippen LogP contribution is -2.42. The number of methoxy groups -OCH3 is 1. The van der Waals surface area contributed by atoms with Crippen molar-refractivity contribution < 1.29 is 28.7 Å². The number of nitrogens with zero attached hydrogens (tertiary/aromatic N) is 7. The third kappa shape index (κ3) is 7.33. The predicted molar refractivity (Wildman–Crippen MR) is 209 cm³/mol. The largest absolute Gasteiger partial charge is 0.495 e. The second-order valence-electron chi connectivity index (χ2n) is 14.1. The van der Waals surface area contributed by atoms with Gasteiger partial charge in [-0.3, -0.25) is 38.8 Å². The van der Waals surface area contributed by atoms with Crippen molar-refractivity contribution in [2.45, 2.75) is 76.9 Å². The number of hydrogen-bond donors (Lipinski definition) is 4. The number of benzene rings is 2. The first kappa shape index (κ1) is 38.4. The molecular weight excluding hydrogens is 731 g/mol. The van der Waals surface area contributed by atoms with Crippen LogP contribution in [0.5, 0.6) is 5.75 Å². The van der Waals surface area contributed by atoms with Crippen LogP contribution < -0.4 is 30.9 Å². The van der Waals surface area contributed by atoms with Gasteiger partial charge in [-0.2, -0.15) is 10.2 Å². The van der Waals surface area contributed by atoms with Crippen LogP contribution in [0.25, 0.3) is 5.69 Å². The van der Waals surface area contributed by atoms with Crippen molar-refractivity contribution in [2.75, 3.05) is 35.7 Å². The van der Waals surface area contributed by atoms with Gasteiger partial charge >= 0.3 is 0 Å². The molecule has 294 valence electrons. The minimum absolute atomic E-state index is 0.0224. The minimum atomic E-state index is -0.572. The first-order valence-corrected chi connectivity index (χ1v) is 19.0. The van der Waals surface area contributed by atoms with Gasteiger partial charge in [-0.05, 0) is 62.9 Å². The van der Waals surface area contributed by atoms with E-state index in [4.69, 9.17) is 9.72 Å². The summed E-state index contributed by atoms with van der Waals surface area (Å²) in [6.45, 7) is 4.24. The van der Waals surface area contributed by atoms with E-state index in [0.717, 1.165) is 54.2 Å². The molecule has 4 heterocycles. The van der Waals surface area contributed by atoms with Crippen LogP contribution in [0.15, 0.2) is 48.9 Å². The summed E-state index contributed by atoms with van der Waals surface area (Å²) in [5.74, 6) is -0.254. The maximum absolute atomic E-state index is 13.4. The number of aromatic nitrogens is 4. The Hall–Kier alpha value is -6.83. The Balaban J connectivity index is 1.00. The van der Waals surface area contributed by atoms with Gasteiger partial charge in [0.2, 0.25) is 18.3 Å². The zero-order valence-corrected chi connectivity index (χ0v) is 31.9. The first-order valence-electron chi connectivity index (χ1n) is 19.0. The molecule has 2 aromatic heterocycles. The second kappa shape index (κ2) is 16.5. The SMILES string of the molecule is CCC1c2c(C#N)ncn2-c2cnc(Nc3ccc(C(=O)NCCNc4cccc5c4C(=O)N(C(C)CCC(=O)NC=O)C5=O)cc3OC)nc2N1C1CCCC1. The fourth-order valence-corrected chi connectivity index (χ4v) is 8.01. The maximum atomic E-state index is 13.4. The van der Waals surface area contributed by atoms with E-state index < -0.39 is 23.8 Å². The highest BCUT2D eigenvalue weighted by molar-refractivity contribution is 6.24. The number of imidazole rings is 1. The lowest BCUT2D eigenvalue weighted by molar-refractivity contribution is -0.125. The van der Waals surface area contributed by atoms with E-state index in [1.54, 1.807) is 55.8 Å². The van der Waals surface area contributed by atoms with Crippen molar-refractivity contribution >= 4 is 53.2 Å². The molecular formula is C40H43N11O6. The minimum Gasteiger partial charge on any atom is -0.495 e. The summed E-state index contributed by atoms with van der Waals surface area (Å²) < 4.78 is 7.59. The maximum Gasteiger partial charge on any atom is 0.263 e. The highest BCUT2D eigenvalue weighted by Gasteiger charge is 2.41. The zero-order chi connectivity index (χ0) is 40.2. The van der Waals surface area contributed by atoms with E-state index in [2.05, 4.69) is 49.1 Å². The molecule has 2 aliphatic heterocycles. The molecule has 0 radical (unpaired) electrons. The van der Waals surface area contributed by atoms with Crippen LogP contribution in [0.2, 0.25) is 0 Å². The van der Waals surface area contributed by atoms with Crippen LogP contribution in [0.3, 0.4) is 0 Å². The van der Waals surface area contributed by atoms with Crippen LogP contribution in [0.4, 0.5) is 23.1 Å². The van der Waals surface area contributed by atoms with Gasteiger partial charge in [-0.25, -0.2) is 9.97 Å². The number of carbonyl (C=O) groups excluding carboxylic acids is 5. The van der Waals surface area contributed by atoms with Crippen molar-refractivity contribution in [3.8, 4) is 17.5 Å². The van der Waals surface area contributed by atoms with Gasteiger partial charge in [0.05, 0.1) is 41.9 Å². The summed E-state index contributed by atoms with van der Waals surface area (Å²) in [6.07, 6.45) is 8.98. The zero-order valence-electron chi connectivity index (χ0n) is 31.9. The fraction of sp³-hybridized carbons (Fsp3) is 0.375. The lowest BCUT2D eigenvalue weighted by Gasteiger charge is -2.41. The number of nitrogens with one attached hydrogen (secondary N) is 4. The average molecular weight is 774 g/mol. The number of imide groups is 2. The Morgan fingerprint density at radius 2 is 1.89 bits per heavy atom. The molecule has 7 rings (SSSR count). The fourth-order valence-electron chi connectivity index (χ4n) is 8.01. The number of anilines is 4. The molecule has 17 heteroatoms. The van der Waals surface area contributed by atoms with Crippen molar-refractivity contribution in [2.24, 2.45) is 0 Å². The lowest BCUT2D eigenvalue weighted by atomic mass is 10.0. The number of amides is 5. The summed E-state index contributed by atoms with van der Waals surface area (Å²) in [6, 6.07) is 11.8. The van der Waals surface area contributed by atoms with E-state index in [0.29, 0.717) is 40.7 Å². The number of nitriles is 1. The summed E-state index contributed by atoms with van der Waals surface area (Å²) in [5.41, 5.74) is 3.87. The molecule has 3 aliphatic rings. The monoisotopic (exact) mass is 773 g/mol. The van der Waals surface area contributed by atoms with Crippen molar-refractivity contribution in [1.82, 2.24) is 35.1 Å². The Kier molecular flexibility index (Phi) is 11.1. The molecule has 1 aliphatic carbocycles. The molecule has 2 atom stereocenters. The Morgan fingerprint density at radius 3 is 2.63 bits per heavy atom. The van der Waals surface area contributed by atoms with Gasteiger partial charge in [0, 0.05) is 42.8 Å². The van der Waals surface area contributed by atoms with E-state index in [-0.39, 0.29) is 55.0 Å². The third-order valence-corrected chi connectivity index (χ3v) is 10.8. The average Bonchev–Trinajstić information content (AvgIpc) is 3.97. The van der Waals surface area contributed by atoms with Gasteiger partial charge in [-0.15, -0.1) is 0 Å². The van der Waals surface area contributed by atoms with Crippen LogP contribution in [0, 0.1) is 11.3 Å². The molecule has 0 saturated heterocycles. The summed E-state index contributed by atoms with van der Waals surface area (Å²) >= 11 is 0. The molecule has 1 saturated carbocycles. The number of ether oxygens (including phenoxy) is 1. The molecule has 2 unspecified atom stereocenters. The molecule has 4 aromatic rings. The number of hydrogen-bond acceptors (Lipinski definition) is 13. The Bertz CT molecular complexity index is 2280. The molecule has 17 nitrogen and oxygen atoms in total. The number of rotatable bonds is 15. The van der Waals surface area contributed by atoms with Crippen LogP contribution >= 0.6 is 0 Å². The highest BCUT2D eigenvalue weighted by atomic mass is 16.5. The predicted octanol–water partition coefficient (Wildman–Crippen LogP) is 4.38. The first-order chi connectivity index (χ1) is 27.7. The van der Waals surface area contributed by atoms with Crippen LogP contribution in [-0.4, -0.2) is 86.7 Å².